The predicted octanol–water partition coefficient (Wildman–Crippen LogP) is 4.20. The minimum absolute atomic E-state index is 0.127. The highest BCUT2D eigenvalue weighted by Crippen LogP contribution is 2.57. The van der Waals surface area contributed by atoms with Crippen molar-refractivity contribution in [3.05, 3.63) is 79.9 Å². The van der Waals surface area contributed by atoms with Gasteiger partial charge in [-0.05, 0) is 43.4 Å². The second kappa shape index (κ2) is 11.8. The van der Waals surface area contributed by atoms with Gasteiger partial charge in [0, 0.05) is 35.9 Å². The van der Waals surface area contributed by atoms with Crippen LogP contribution in [0.3, 0.4) is 0 Å². The van der Waals surface area contributed by atoms with Gasteiger partial charge in [-0.1, -0.05) is 43.0 Å². The number of likely N-dealkylation sites (tertiary alicyclic amines) is 1. The largest absolute Gasteiger partial charge is 0.497 e. The van der Waals surface area contributed by atoms with E-state index < -0.39 is 44.6 Å². The van der Waals surface area contributed by atoms with Gasteiger partial charge < -0.3 is 14.4 Å². The van der Waals surface area contributed by atoms with E-state index in [1.165, 1.54) is 4.90 Å². The molecule has 6 rings (SSSR count). The number of rotatable bonds is 12. The lowest BCUT2D eigenvalue weighted by Crippen LogP contribution is -2.44. The van der Waals surface area contributed by atoms with Gasteiger partial charge in [-0.3, -0.25) is 19.1 Å². The van der Waals surface area contributed by atoms with Crippen LogP contribution in [0.4, 0.5) is 0 Å². The number of benzene rings is 2. The van der Waals surface area contributed by atoms with Crippen molar-refractivity contribution >= 4 is 38.5 Å². The summed E-state index contributed by atoms with van der Waals surface area (Å²) in [5.74, 6) is -0.618. The summed E-state index contributed by atoms with van der Waals surface area (Å²) in [7, 11) is -2.21. The van der Waals surface area contributed by atoms with Crippen molar-refractivity contribution in [3.8, 4) is 22.8 Å². The summed E-state index contributed by atoms with van der Waals surface area (Å²) < 4.78 is 39.2. The number of hydrogen-bond acceptors (Lipinski definition) is 8. The number of nitrogens with one attached hydrogen (secondary N) is 1. The summed E-state index contributed by atoms with van der Waals surface area (Å²) in [5.41, 5.74) is 1.03. The van der Waals surface area contributed by atoms with Gasteiger partial charge in [0.05, 0.1) is 41.6 Å². The van der Waals surface area contributed by atoms with Gasteiger partial charge in [-0.15, -0.1) is 6.58 Å². The number of hydrogen-bond donors (Lipinski definition) is 1. The number of pyridine rings is 1. The molecule has 4 atom stereocenters. The third-order valence-corrected chi connectivity index (χ3v) is 10.8. The highest BCUT2D eigenvalue weighted by Gasteiger charge is 2.61. The zero-order chi connectivity index (χ0) is 31.9. The lowest BCUT2D eigenvalue weighted by Gasteiger charge is -2.24. The zero-order valence-electron chi connectivity index (χ0n) is 25.0. The Hall–Kier alpha value is -4.51. The van der Waals surface area contributed by atoms with Crippen LogP contribution in [0.5, 0.6) is 11.5 Å². The third-order valence-electron chi connectivity index (χ3n) is 8.99. The number of aromatic nitrogens is 1. The molecule has 3 aliphatic rings. The van der Waals surface area contributed by atoms with Crippen molar-refractivity contribution in [2.75, 3.05) is 13.7 Å². The first-order chi connectivity index (χ1) is 21.6. The van der Waals surface area contributed by atoms with Crippen molar-refractivity contribution in [2.24, 2.45) is 11.3 Å². The number of carbonyl (C=O) groups is 3. The first kappa shape index (κ1) is 30.5. The monoisotopic (exact) mass is 629 g/mol. The number of sulfonamides is 1. The Kier molecular flexibility index (Phi) is 7.98. The fourth-order valence-corrected chi connectivity index (χ4v) is 7.58. The number of ether oxygens (including phenoxy) is 2. The van der Waals surface area contributed by atoms with Gasteiger partial charge in [0.15, 0.2) is 5.78 Å². The van der Waals surface area contributed by atoms with Crippen molar-refractivity contribution in [1.29, 1.82) is 0 Å². The molecule has 0 radical (unpaired) electrons. The van der Waals surface area contributed by atoms with Crippen LogP contribution in [0, 0.1) is 11.3 Å². The van der Waals surface area contributed by atoms with Crippen LogP contribution in [0.25, 0.3) is 22.2 Å². The number of allylic oxidation sites excluding steroid dienone is 1. The summed E-state index contributed by atoms with van der Waals surface area (Å²) >= 11 is 0. The van der Waals surface area contributed by atoms with Crippen molar-refractivity contribution in [3.63, 3.8) is 0 Å². The topological polar surface area (TPSA) is 132 Å². The summed E-state index contributed by atoms with van der Waals surface area (Å²) in [6.45, 7) is 7.51. The molecule has 3 aromatic rings. The van der Waals surface area contributed by atoms with Gasteiger partial charge in [0.2, 0.25) is 21.8 Å². The van der Waals surface area contributed by atoms with Crippen LogP contribution in [0.1, 0.15) is 32.1 Å². The molecule has 1 aliphatic heterocycles. The second-order valence-electron chi connectivity index (χ2n) is 12.0. The van der Waals surface area contributed by atoms with Crippen molar-refractivity contribution < 1.29 is 32.3 Å². The summed E-state index contributed by atoms with van der Waals surface area (Å²) in [5, 5.41) is 0.169. The summed E-state index contributed by atoms with van der Waals surface area (Å²) in [4.78, 5) is 46.3. The van der Waals surface area contributed by atoms with Gasteiger partial charge >= 0.3 is 0 Å². The Morgan fingerprint density at radius 1 is 1.11 bits per heavy atom. The fourth-order valence-electron chi connectivity index (χ4n) is 6.19. The molecule has 1 aromatic heterocycles. The Morgan fingerprint density at radius 3 is 2.51 bits per heavy atom. The number of ketones is 1. The maximum atomic E-state index is 13.9. The molecular weight excluding hydrogens is 594 g/mol. The molecule has 1 saturated heterocycles. The van der Waals surface area contributed by atoms with Gasteiger partial charge in [0.25, 0.3) is 0 Å². The highest BCUT2D eigenvalue weighted by molar-refractivity contribution is 7.90. The highest BCUT2D eigenvalue weighted by atomic mass is 32.2. The Balaban J connectivity index is 1.26. The van der Waals surface area contributed by atoms with E-state index in [1.807, 2.05) is 54.6 Å². The normalized spacial score (nSPS) is 24.1. The molecular formula is C34H35N3O7S. The van der Waals surface area contributed by atoms with E-state index in [0.29, 0.717) is 42.0 Å². The van der Waals surface area contributed by atoms with Crippen LogP contribution in [-0.2, 0) is 24.4 Å². The number of amides is 2. The second-order valence-corrected chi connectivity index (χ2v) is 13.9. The molecule has 2 heterocycles. The van der Waals surface area contributed by atoms with Gasteiger partial charge in [-0.25, -0.2) is 13.4 Å². The van der Waals surface area contributed by atoms with Crippen molar-refractivity contribution in [2.45, 2.75) is 49.5 Å². The minimum atomic E-state index is -3.79. The third kappa shape index (κ3) is 5.96. The lowest BCUT2D eigenvalue weighted by molar-refractivity contribution is -0.136. The number of Topliss-reactive ketones (excluding diaryl/α,β-unsaturated/α-hetero) is 1. The van der Waals surface area contributed by atoms with Crippen LogP contribution in [0.2, 0.25) is 0 Å². The fraction of sp³-hybridized carbons (Fsp3) is 0.353. The molecule has 2 amide bonds. The molecule has 0 bridgehead atoms. The Morgan fingerprint density at radius 2 is 1.87 bits per heavy atom. The molecule has 2 saturated carbocycles. The Labute approximate surface area is 262 Å². The quantitative estimate of drug-likeness (QED) is 0.233. The van der Waals surface area contributed by atoms with Crippen molar-refractivity contribution in [1.82, 2.24) is 14.6 Å². The summed E-state index contributed by atoms with van der Waals surface area (Å²) in [6.07, 6.45) is 3.48. The van der Waals surface area contributed by atoms with Gasteiger partial charge in [-0.2, -0.15) is 0 Å². The molecule has 45 heavy (non-hydrogen) atoms. The molecule has 1 N–H and O–H groups in total. The minimum Gasteiger partial charge on any atom is -0.497 e. The van der Waals surface area contributed by atoms with E-state index in [0.717, 1.165) is 17.0 Å². The smallest absolute Gasteiger partial charge is 0.246 e. The zero-order valence-corrected chi connectivity index (χ0v) is 25.8. The Bertz CT molecular complexity index is 1800. The molecule has 3 fully saturated rings. The first-order valence-electron chi connectivity index (χ1n) is 14.9. The van der Waals surface area contributed by atoms with Crippen LogP contribution < -0.4 is 14.2 Å². The maximum Gasteiger partial charge on any atom is 0.246 e. The predicted molar refractivity (Wildman–Crippen MR) is 169 cm³/mol. The molecule has 10 nitrogen and oxygen atoms in total. The molecule has 11 heteroatoms. The standard InChI is InChI=1S/C34H35N3O7S/c1-4-22-18-34(22,33(40)36-45(41,42)25-12-13-25)19-30(38)29-16-24(20-37(29)32(39)5-2)44-31-17-27(21-9-7-6-8-10-21)35-28-15-23(43-3)11-14-26(28)31/h4-11,14-15,17,22,24-25,29H,1-2,12-13,16,18-20H2,3H3,(H,36,40)/t22-,24-,29+,34-/m1/s1. The molecule has 2 aliphatic carbocycles. The van der Waals surface area contributed by atoms with E-state index in [9.17, 15) is 22.8 Å². The van der Waals surface area contributed by atoms with Crippen LogP contribution >= 0.6 is 0 Å². The molecule has 234 valence electrons. The summed E-state index contributed by atoms with van der Waals surface area (Å²) in [6, 6.07) is 16.1. The van der Waals surface area contributed by atoms with Crippen LogP contribution in [-0.4, -0.2) is 66.9 Å². The molecule has 2 aromatic carbocycles. The number of methoxy groups -OCH3 is 1. The van der Waals surface area contributed by atoms with Crippen LogP contribution in [0.15, 0.2) is 79.9 Å². The average Bonchev–Trinajstić information content (AvgIpc) is 3.97. The molecule has 0 spiro atoms. The van der Waals surface area contributed by atoms with E-state index in [4.69, 9.17) is 14.5 Å². The maximum absolute atomic E-state index is 13.9. The number of nitrogens with zero attached hydrogens (tertiary/aromatic N) is 2. The average molecular weight is 630 g/mol. The van der Waals surface area contributed by atoms with Gasteiger partial charge in [0.1, 0.15) is 17.6 Å². The van der Waals surface area contributed by atoms with E-state index in [1.54, 1.807) is 13.2 Å². The van der Waals surface area contributed by atoms with E-state index in [2.05, 4.69) is 17.9 Å². The van der Waals surface area contributed by atoms with E-state index >= 15 is 0 Å². The number of fused-ring (bicyclic) bond motifs is 1. The first-order valence-corrected chi connectivity index (χ1v) is 16.5. The SMILES string of the molecule is C=CC(=O)N1C[C@H](Oc2cc(-c3ccccc3)nc3cc(OC)ccc23)C[C@H]1C(=O)C[C@]1(C(=O)NS(=O)(=O)C2CC2)C[C@H]1C=C. The van der Waals surface area contributed by atoms with E-state index in [-0.39, 0.29) is 31.1 Å². The lowest BCUT2D eigenvalue weighted by atomic mass is 9.91. The number of carbonyl (C=O) groups excluding carboxylic acids is 3. The molecule has 0 unspecified atom stereocenters.